The molecule has 0 aliphatic carbocycles. The molecular formula is C16H14BrNS. The fourth-order valence-electron chi connectivity index (χ4n) is 2.34. The maximum Gasteiger partial charge on any atom is 0.0701 e. The van der Waals surface area contributed by atoms with Crippen molar-refractivity contribution in [2.45, 2.75) is 12.5 Å². The summed E-state index contributed by atoms with van der Waals surface area (Å²) in [5, 5.41) is 2.58. The number of fused-ring (bicyclic) bond motifs is 1. The summed E-state index contributed by atoms with van der Waals surface area (Å²) < 4.78 is 1.14. The highest BCUT2D eigenvalue weighted by Crippen LogP contribution is 2.29. The van der Waals surface area contributed by atoms with Crippen molar-refractivity contribution >= 4 is 38.0 Å². The summed E-state index contributed by atoms with van der Waals surface area (Å²) in [5.41, 5.74) is 7.64. The monoisotopic (exact) mass is 331 g/mol. The van der Waals surface area contributed by atoms with Crippen molar-refractivity contribution in [2.75, 3.05) is 0 Å². The third kappa shape index (κ3) is 2.73. The van der Waals surface area contributed by atoms with E-state index in [-0.39, 0.29) is 6.04 Å². The van der Waals surface area contributed by atoms with Crippen molar-refractivity contribution in [3.8, 4) is 0 Å². The quantitative estimate of drug-likeness (QED) is 0.725. The summed E-state index contributed by atoms with van der Waals surface area (Å²) in [5.74, 6) is 0. The molecule has 0 saturated heterocycles. The highest BCUT2D eigenvalue weighted by molar-refractivity contribution is 9.11. The molecule has 3 heteroatoms. The lowest BCUT2D eigenvalue weighted by Gasteiger charge is -2.12. The number of nitrogens with two attached hydrogens (primary N) is 1. The van der Waals surface area contributed by atoms with Gasteiger partial charge in [-0.1, -0.05) is 42.5 Å². The van der Waals surface area contributed by atoms with E-state index in [0.29, 0.717) is 0 Å². The second-order valence-electron chi connectivity index (χ2n) is 4.59. The fourth-order valence-corrected chi connectivity index (χ4v) is 3.76. The third-order valence-electron chi connectivity index (χ3n) is 3.28. The van der Waals surface area contributed by atoms with Gasteiger partial charge in [0, 0.05) is 10.9 Å². The Labute approximate surface area is 125 Å². The molecule has 0 radical (unpaired) electrons. The van der Waals surface area contributed by atoms with E-state index in [1.54, 1.807) is 11.3 Å². The summed E-state index contributed by atoms with van der Waals surface area (Å²) in [7, 11) is 0. The topological polar surface area (TPSA) is 26.0 Å². The first-order chi connectivity index (χ1) is 9.24. The van der Waals surface area contributed by atoms with E-state index < -0.39 is 0 Å². The van der Waals surface area contributed by atoms with Gasteiger partial charge in [0.15, 0.2) is 0 Å². The van der Waals surface area contributed by atoms with Crippen molar-refractivity contribution in [3.05, 3.63) is 68.8 Å². The van der Waals surface area contributed by atoms with Crippen LogP contribution < -0.4 is 5.73 Å². The molecule has 0 aliphatic heterocycles. The lowest BCUT2D eigenvalue weighted by atomic mass is 9.98. The van der Waals surface area contributed by atoms with Crippen LogP contribution in [-0.2, 0) is 6.42 Å². The highest BCUT2D eigenvalue weighted by Gasteiger charge is 2.11. The minimum atomic E-state index is 0.0575. The van der Waals surface area contributed by atoms with Gasteiger partial charge in [-0.3, -0.25) is 0 Å². The maximum absolute atomic E-state index is 6.32. The molecule has 96 valence electrons. The Morgan fingerprint density at radius 2 is 1.79 bits per heavy atom. The molecule has 3 rings (SSSR count). The number of hydrogen-bond donors (Lipinski definition) is 1. The Morgan fingerprint density at radius 1 is 1.00 bits per heavy atom. The van der Waals surface area contributed by atoms with Crippen LogP contribution in [-0.4, -0.2) is 0 Å². The Morgan fingerprint density at radius 3 is 2.58 bits per heavy atom. The summed E-state index contributed by atoms with van der Waals surface area (Å²) >= 11 is 5.20. The number of hydrogen-bond acceptors (Lipinski definition) is 2. The Hall–Kier alpha value is -1.16. The molecule has 1 aromatic heterocycles. The van der Waals surface area contributed by atoms with E-state index in [9.17, 15) is 0 Å². The number of benzene rings is 2. The summed E-state index contributed by atoms with van der Waals surface area (Å²) in [6.07, 6.45) is 0.869. The van der Waals surface area contributed by atoms with Gasteiger partial charge in [-0.25, -0.2) is 0 Å². The highest BCUT2D eigenvalue weighted by atomic mass is 79.9. The lowest BCUT2D eigenvalue weighted by Crippen LogP contribution is -2.11. The normalized spacial score (nSPS) is 12.7. The molecule has 1 unspecified atom stereocenters. The Balaban J connectivity index is 1.93. The summed E-state index contributed by atoms with van der Waals surface area (Å²) in [6, 6.07) is 19.1. The van der Waals surface area contributed by atoms with Gasteiger partial charge in [-0.05, 0) is 50.8 Å². The van der Waals surface area contributed by atoms with Gasteiger partial charge < -0.3 is 5.73 Å². The van der Waals surface area contributed by atoms with Gasteiger partial charge >= 0.3 is 0 Å². The van der Waals surface area contributed by atoms with Crippen LogP contribution in [0.3, 0.4) is 0 Å². The van der Waals surface area contributed by atoms with Crippen LogP contribution in [0.5, 0.6) is 0 Å². The van der Waals surface area contributed by atoms with Crippen LogP contribution in [0, 0.1) is 0 Å². The second-order valence-corrected chi connectivity index (χ2v) is 7.09. The maximum atomic E-state index is 6.32. The summed E-state index contributed by atoms with van der Waals surface area (Å²) in [4.78, 5) is 1.22. The molecule has 0 bridgehead atoms. The van der Waals surface area contributed by atoms with Gasteiger partial charge in [0.1, 0.15) is 0 Å². The zero-order valence-electron chi connectivity index (χ0n) is 10.3. The van der Waals surface area contributed by atoms with E-state index >= 15 is 0 Å². The molecule has 1 atom stereocenters. The largest absolute Gasteiger partial charge is 0.323 e. The second kappa shape index (κ2) is 5.45. The van der Waals surface area contributed by atoms with Crippen LogP contribution in [0.25, 0.3) is 10.8 Å². The molecule has 0 fully saturated rings. The zero-order chi connectivity index (χ0) is 13.2. The van der Waals surface area contributed by atoms with Gasteiger partial charge in [0.25, 0.3) is 0 Å². The first kappa shape index (κ1) is 12.9. The first-order valence-electron chi connectivity index (χ1n) is 6.21. The van der Waals surface area contributed by atoms with Gasteiger partial charge in [-0.15, -0.1) is 11.3 Å². The number of thiophene rings is 1. The molecule has 1 heterocycles. The van der Waals surface area contributed by atoms with E-state index in [1.165, 1.54) is 21.2 Å². The molecular weight excluding hydrogens is 318 g/mol. The van der Waals surface area contributed by atoms with E-state index in [1.807, 2.05) is 0 Å². The minimum Gasteiger partial charge on any atom is -0.323 e. The zero-order valence-corrected chi connectivity index (χ0v) is 12.7. The predicted molar refractivity (Wildman–Crippen MR) is 86.6 cm³/mol. The predicted octanol–water partition coefficient (Wildman–Crippen LogP) is 4.91. The molecule has 19 heavy (non-hydrogen) atoms. The molecule has 2 N–H and O–H groups in total. The van der Waals surface area contributed by atoms with E-state index in [4.69, 9.17) is 5.73 Å². The van der Waals surface area contributed by atoms with Crippen molar-refractivity contribution in [3.63, 3.8) is 0 Å². The van der Waals surface area contributed by atoms with Crippen molar-refractivity contribution in [1.29, 1.82) is 0 Å². The van der Waals surface area contributed by atoms with E-state index in [2.05, 4.69) is 70.5 Å². The smallest absolute Gasteiger partial charge is 0.0701 e. The number of rotatable bonds is 3. The Bertz CT molecular complexity index is 699. The fraction of sp³-hybridized carbons (Fsp3) is 0.125. The minimum absolute atomic E-state index is 0.0575. The van der Waals surface area contributed by atoms with Gasteiger partial charge in [-0.2, -0.15) is 0 Å². The molecule has 1 nitrogen and oxygen atoms in total. The SMILES string of the molecule is NC(Cc1cccc2ccccc12)c1ccc(Br)s1. The van der Waals surface area contributed by atoms with Crippen molar-refractivity contribution in [2.24, 2.45) is 5.73 Å². The average Bonchev–Trinajstić information content (AvgIpc) is 2.86. The first-order valence-corrected chi connectivity index (χ1v) is 7.82. The Kier molecular flexibility index (Phi) is 3.69. The van der Waals surface area contributed by atoms with Gasteiger partial charge in [0.2, 0.25) is 0 Å². The van der Waals surface area contributed by atoms with Crippen LogP contribution in [0.4, 0.5) is 0 Å². The average molecular weight is 332 g/mol. The third-order valence-corrected chi connectivity index (χ3v) is 5.03. The lowest BCUT2D eigenvalue weighted by molar-refractivity contribution is 0.740. The van der Waals surface area contributed by atoms with Crippen LogP contribution in [0.1, 0.15) is 16.5 Å². The van der Waals surface area contributed by atoms with Crippen molar-refractivity contribution < 1.29 is 0 Å². The van der Waals surface area contributed by atoms with Gasteiger partial charge in [0.05, 0.1) is 3.79 Å². The summed E-state index contributed by atoms with van der Waals surface area (Å²) in [6.45, 7) is 0. The molecule has 0 spiro atoms. The van der Waals surface area contributed by atoms with E-state index in [0.717, 1.165) is 10.2 Å². The molecule has 0 aliphatic rings. The van der Waals surface area contributed by atoms with Crippen LogP contribution >= 0.6 is 27.3 Å². The number of halogens is 1. The molecule has 0 amide bonds. The van der Waals surface area contributed by atoms with Crippen LogP contribution in [0.2, 0.25) is 0 Å². The standard InChI is InChI=1S/C16H14BrNS/c17-16-9-8-15(19-16)14(18)10-12-6-3-5-11-4-1-2-7-13(11)12/h1-9,14H,10,18H2. The van der Waals surface area contributed by atoms with Crippen molar-refractivity contribution in [1.82, 2.24) is 0 Å². The molecule has 0 saturated carbocycles. The molecule has 2 aromatic carbocycles. The molecule has 3 aromatic rings. The van der Waals surface area contributed by atoms with Crippen LogP contribution in [0.15, 0.2) is 58.4 Å².